The van der Waals surface area contributed by atoms with Gasteiger partial charge in [0.2, 0.25) is 5.95 Å². The van der Waals surface area contributed by atoms with Crippen molar-refractivity contribution in [3.05, 3.63) is 35.9 Å². The molecule has 0 aliphatic carbocycles. The molecule has 0 unspecified atom stereocenters. The quantitative estimate of drug-likeness (QED) is 0.797. The van der Waals surface area contributed by atoms with Crippen LogP contribution in [-0.2, 0) is 24.4 Å². The third-order valence-electron chi connectivity index (χ3n) is 4.13. The van der Waals surface area contributed by atoms with Crippen LogP contribution in [0.5, 0.6) is 0 Å². The van der Waals surface area contributed by atoms with Gasteiger partial charge in [-0.25, -0.2) is 9.97 Å². The van der Waals surface area contributed by atoms with E-state index >= 15 is 0 Å². The predicted molar refractivity (Wildman–Crippen MR) is 92.6 cm³/mol. The second-order valence-electron chi connectivity index (χ2n) is 6.31. The summed E-state index contributed by atoms with van der Waals surface area (Å²) in [6.45, 7) is 6.31. The first kappa shape index (κ1) is 16.9. The number of ether oxygens (including phenoxy) is 1. The van der Waals surface area contributed by atoms with E-state index in [9.17, 15) is 0 Å². The third-order valence-corrected chi connectivity index (χ3v) is 4.13. The largest absolute Gasteiger partial charge is 0.376 e. The minimum atomic E-state index is 0.295. The lowest BCUT2D eigenvalue weighted by atomic mass is 10.2. The molecule has 1 atom stereocenters. The van der Waals surface area contributed by atoms with Gasteiger partial charge in [0, 0.05) is 62.5 Å². The molecule has 0 bridgehead atoms. The summed E-state index contributed by atoms with van der Waals surface area (Å²) in [5.74, 6) is 0.668. The second-order valence-corrected chi connectivity index (χ2v) is 6.31. The van der Waals surface area contributed by atoms with Gasteiger partial charge in [0.1, 0.15) is 0 Å². The molecule has 0 aromatic carbocycles. The number of hydrogen-bond donors (Lipinski definition) is 1. The summed E-state index contributed by atoms with van der Waals surface area (Å²) < 4.78 is 7.53. The molecule has 0 saturated carbocycles. The fourth-order valence-corrected chi connectivity index (χ4v) is 2.88. The Bertz CT molecular complexity index is 620. The van der Waals surface area contributed by atoms with Gasteiger partial charge in [-0.1, -0.05) is 0 Å². The van der Waals surface area contributed by atoms with Gasteiger partial charge in [-0.15, -0.1) is 0 Å². The Labute approximate surface area is 143 Å². The lowest BCUT2D eigenvalue weighted by molar-refractivity contribution is 0.120. The van der Waals surface area contributed by atoms with Gasteiger partial charge >= 0.3 is 0 Å². The number of rotatable bonds is 8. The van der Waals surface area contributed by atoms with Crippen LogP contribution in [0.1, 0.15) is 30.9 Å². The van der Waals surface area contributed by atoms with Crippen molar-refractivity contribution in [1.29, 1.82) is 0 Å². The molecule has 0 spiro atoms. The van der Waals surface area contributed by atoms with Crippen molar-refractivity contribution in [2.75, 3.05) is 25.5 Å². The molecular formula is C17H26N6O. The average molecular weight is 330 g/mol. The minimum Gasteiger partial charge on any atom is -0.376 e. The van der Waals surface area contributed by atoms with Crippen molar-refractivity contribution in [3.8, 4) is 0 Å². The van der Waals surface area contributed by atoms with Gasteiger partial charge < -0.3 is 10.1 Å². The normalized spacial score (nSPS) is 17.5. The van der Waals surface area contributed by atoms with Crippen molar-refractivity contribution in [2.45, 2.75) is 45.5 Å². The van der Waals surface area contributed by atoms with Crippen LogP contribution in [0.4, 0.5) is 5.95 Å². The third kappa shape index (κ3) is 4.75. The highest BCUT2D eigenvalue weighted by Crippen LogP contribution is 2.12. The highest BCUT2D eigenvalue weighted by atomic mass is 16.5. The standard InChI is InChI=1S/C17H26N6O/c1-3-23-13-15(9-21-23)12-22(2)11-14-7-18-17(19-8-14)20-10-16-5-4-6-24-16/h7-9,13,16H,3-6,10-12H2,1-2H3,(H,18,19,20)/t16-/m1/s1. The molecule has 1 fully saturated rings. The SMILES string of the molecule is CCn1cc(CN(C)Cc2cnc(NC[C@H]3CCCO3)nc2)cn1. The van der Waals surface area contributed by atoms with Crippen molar-refractivity contribution >= 4 is 5.95 Å². The number of aryl methyl sites for hydroxylation is 1. The molecule has 2 aromatic heterocycles. The van der Waals surface area contributed by atoms with Crippen LogP contribution in [0, 0.1) is 0 Å². The van der Waals surface area contributed by atoms with E-state index in [0.29, 0.717) is 12.1 Å². The maximum Gasteiger partial charge on any atom is 0.222 e. The van der Waals surface area contributed by atoms with Crippen LogP contribution in [0.15, 0.2) is 24.8 Å². The molecule has 0 radical (unpaired) electrons. The number of hydrogen-bond acceptors (Lipinski definition) is 6. The molecule has 1 aliphatic rings. The lowest BCUT2D eigenvalue weighted by Gasteiger charge is -2.15. The predicted octanol–water partition coefficient (Wildman–Crippen LogP) is 1.92. The summed E-state index contributed by atoms with van der Waals surface area (Å²) in [6, 6.07) is 0. The van der Waals surface area contributed by atoms with Gasteiger partial charge in [-0.05, 0) is 26.8 Å². The summed E-state index contributed by atoms with van der Waals surface area (Å²) in [6.07, 6.45) is 10.3. The maximum absolute atomic E-state index is 5.59. The van der Waals surface area contributed by atoms with Crippen LogP contribution < -0.4 is 5.32 Å². The Morgan fingerprint density at radius 1 is 1.25 bits per heavy atom. The Kier molecular flexibility index (Phi) is 5.77. The number of anilines is 1. The molecule has 24 heavy (non-hydrogen) atoms. The maximum atomic E-state index is 5.59. The average Bonchev–Trinajstić information content (AvgIpc) is 3.25. The molecule has 3 heterocycles. The van der Waals surface area contributed by atoms with E-state index in [1.807, 2.05) is 23.3 Å². The summed E-state index contributed by atoms with van der Waals surface area (Å²) in [5.41, 5.74) is 2.32. The van der Waals surface area contributed by atoms with Crippen LogP contribution in [-0.4, -0.2) is 51.0 Å². The van der Waals surface area contributed by atoms with E-state index in [1.54, 1.807) is 0 Å². The molecule has 1 saturated heterocycles. The lowest BCUT2D eigenvalue weighted by Crippen LogP contribution is -2.20. The molecule has 7 heteroatoms. The summed E-state index contributed by atoms with van der Waals surface area (Å²) in [5, 5.41) is 7.55. The van der Waals surface area contributed by atoms with Crippen LogP contribution >= 0.6 is 0 Å². The molecule has 3 rings (SSSR count). The van der Waals surface area contributed by atoms with E-state index in [1.165, 1.54) is 5.56 Å². The Morgan fingerprint density at radius 2 is 2.04 bits per heavy atom. The van der Waals surface area contributed by atoms with Crippen molar-refractivity contribution in [1.82, 2.24) is 24.6 Å². The smallest absolute Gasteiger partial charge is 0.222 e. The number of aromatic nitrogens is 4. The molecular weight excluding hydrogens is 304 g/mol. The Morgan fingerprint density at radius 3 is 2.71 bits per heavy atom. The minimum absolute atomic E-state index is 0.295. The van der Waals surface area contributed by atoms with E-state index < -0.39 is 0 Å². The molecule has 1 N–H and O–H groups in total. The Hall–Kier alpha value is -1.99. The van der Waals surface area contributed by atoms with E-state index in [4.69, 9.17) is 4.74 Å². The first-order valence-electron chi connectivity index (χ1n) is 8.59. The zero-order chi connectivity index (χ0) is 16.8. The summed E-state index contributed by atoms with van der Waals surface area (Å²) >= 11 is 0. The van der Waals surface area contributed by atoms with Crippen molar-refractivity contribution < 1.29 is 4.74 Å². The second kappa shape index (κ2) is 8.21. The van der Waals surface area contributed by atoms with Crippen LogP contribution in [0.25, 0.3) is 0 Å². The molecule has 0 amide bonds. The van der Waals surface area contributed by atoms with Gasteiger partial charge in [0.25, 0.3) is 0 Å². The highest BCUT2D eigenvalue weighted by molar-refractivity contribution is 5.25. The molecule has 1 aliphatic heterocycles. The van der Waals surface area contributed by atoms with Gasteiger partial charge in [0.05, 0.1) is 12.3 Å². The number of nitrogens with zero attached hydrogens (tertiary/aromatic N) is 5. The fraction of sp³-hybridized carbons (Fsp3) is 0.588. The monoisotopic (exact) mass is 330 g/mol. The molecule has 130 valence electrons. The van der Waals surface area contributed by atoms with Gasteiger partial charge in [-0.2, -0.15) is 5.10 Å². The van der Waals surface area contributed by atoms with E-state index in [2.05, 4.69) is 45.5 Å². The van der Waals surface area contributed by atoms with Crippen molar-refractivity contribution in [2.24, 2.45) is 0 Å². The molecule has 7 nitrogen and oxygen atoms in total. The van der Waals surface area contributed by atoms with Crippen LogP contribution in [0.3, 0.4) is 0 Å². The fourth-order valence-electron chi connectivity index (χ4n) is 2.88. The number of nitrogens with one attached hydrogen (secondary N) is 1. The zero-order valence-electron chi connectivity index (χ0n) is 14.5. The van der Waals surface area contributed by atoms with Crippen LogP contribution in [0.2, 0.25) is 0 Å². The first-order chi connectivity index (χ1) is 11.7. The summed E-state index contributed by atoms with van der Waals surface area (Å²) in [7, 11) is 2.09. The first-order valence-corrected chi connectivity index (χ1v) is 8.59. The zero-order valence-corrected chi connectivity index (χ0v) is 14.5. The topological polar surface area (TPSA) is 68.1 Å². The Balaban J connectivity index is 1.46. The van der Waals surface area contributed by atoms with E-state index in [-0.39, 0.29) is 0 Å². The van der Waals surface area contributed by atoms with Gasteiger partial charge in [-0.3, -0.25) is 9.58 Å². The highest BCUT2D eigenvalue weighted by Gasteiger charge is 2.15. The molecule has 2 aromatic rings. The van der Waals surface area contributed by atoms with E-state index in [0.717, 1.165) is 51.2 Å². The summed E-state index contributed by atoms with van der Waals surface area (Å²) in [4.78, 5) is 11.0. The van der Waals surface area contributed by atoms with Crippen molar-refractivity contribution in [3.63, 3.8) is 0 Å². The van der Waals surface area contributed by atoms with Gasteiger partial charge in [0.15, 0.2) is 0 Å².